The molecule has 0 unspecified atom stereocenters. The summed E-state index contributed by atoms with van der Waals surface area (Å²) in [6.07, 6.45) is 3.78. The Morgan fingerprint density at radius 2 is 1.50 bits per heavy atom. The number of likely N-dealkylation sites (N-methyl/N-ethyl adjacent to an activating group) is 1. The number of hydrogen-bond donors (Lipinski definition) is 2. The molecule has 0 aromatic heterocycles. The monoisotopic (exact) mass is 402 g/mol. The van der Waals surface area contributed by atoms with E-state index >= 15 is 0 Å². The van der Waals surface area contributed by atoms with Crippen LogP contribution in [0.3, 0.4) is 0 Å². The quantitative estimate of drug-likeness (QED) is 0.384. The van der Waals surface area contributed by atoms with Gasteiger partial charge in [0, 0.05) is 30.8 Å². The molecule has 0 aromatic carbocycles. The van der Waals surface area contributed by atoms with E-state index in [9.17, 15) is 14.4 Å². The van der Waals surface area contributed by atoms with Crippen molar-refractivity contribution in [2.24, 2.45) is 17.8 Å². The third-order valence-corrected chi connectivity index (χ3v) is 3.35. The van der Waals surface area contributed by atoms with Crippen LogP contribution in [0.15, 0.2) is 0 Å². The van der Waals surface area contributed by atoms with Gasteiger partial charge in [0.25, 0.3) is 0 Å². The summed E-state index contributed by atoms with van der Waals surface area (Å²) in [5, 5.41) is 5.86. The van der Waals surface area contributed by atoms with Crippen LogP contribution in [0.25, 0.3) is 0 Å². The van der Waals surface area contributed by atoms with E-state index in [4.69, 9.17) is 9.47 Å². The van der Waals surface area contributed by atoms with Crippen molar-refractivity contribution in [2.45, 2.75) is 59.9 Å². The maximum Gasteiger partial charge on any atom is 0.222 e. The van der Waals surface area contributed by atoms with Crippen LogP contribution in [0.4, 0.5) is 0 Å². The van der Waals surface area contributed by atoms with Gasteiger partial charge in [-0.1, -0.05) is 34.6 Å². The lowest BCUT2D eigenvalue weighted by atomic mass is 9.81. The molecule has 0 spiro atoms. The van der Waals surface area contributed by atoms with E-state index in [1.807, 2.05) is 20.9 Å². The van der Waals surface area contributed by atoms with Crippen LogP contribution in [-0.2, 0) is 23.9 Å². The van der Waals surface area contributed by atoms with Crippen molar-refractivity contribution < 1.29 is 23.9 Å². The molecule has 2 N–H and O–H groups in total. The molecule has 28 heavy (non-hydrogen) atoms. The lowest BCUT2D eigenvalue weighted by molar-refractivity contribution is -0.125. The molecular weight excluding hydrogens is 360 g/mol. The second-order valence-corrected chi connectivity index (χ2v) is 7.82. The van der Waals surface area contributed by atoms with Crippen LogP contribution in [0.1, 0.15) is 53.9 Å². The number of carbonyl (C=O) groups is 3. The van der Waals surface area contributed by atoms with E-state index in [0.717, 1.165) is 37.9 Å². The number of rotatable bonds is 12. The standard InChI is InChI=1S/C13H24N2O4.C4H8O.C4H10/c1-14-3-5-19-7-6-18-4-2-13(17)15-12-8-11(9-12)10-16;1-4(2)3-5;1-4(2)3/h10-12,14H,2-9H2,1H3,(H,15,17);3-4H,1-2H3;4H,1-3H3. The molecule has 1 saturated carbocycles. The van der Waals surface area contributed by atoms with Gasteiger partial charge in [-0.2, -0.15) is 0 Å². The number of hydrogen-bond acceptors (Lipinski definition) is 6. The lowest BCUT2D eigenvalue weighted by Gasteiger charge is -2.32. The van der Waals surface area contributed by atoms with Gasteiger partial charge in [-0.15, -0.1) is 0 Å². The first-order valence-electron chi connectivity index (χ1n) is 10.3. The summed E-state index contributed by atoms with van der Waals surface area (Å²) in [5.41, 5.74) is 0. The number of amides is 1. The first kappa shape index (κ1) is 28.9. The molecular formula is C21H42N2O5. The largest absolute Gasteiger partial charge is 0.379 e. The molecule has 1 amide bonds. The average molecular weight is 403 g/mol. The van der Waals surface area contributed by atoms with E-state index in [2.05, 4.69) is 31.4 Å². The molecule has 1 aliphatic rings. The van der Waals surface area contributed by atoms with Gasteiger partial charge in [-0.3, -0.25) is 4.79 Å². The van der Waals surface area contributed by atoms with E-state index < -0.39 is 0 Å². The fourth-order valence-corrected chi connectivity index (χ4v) is 1.85. The summed E-state index contributed by atoms with van der Waals surface area (Å²) in [4.78, 5) is 31.4. The predicted octanol–water partition coefficient (Wildman–Crippen LogP) is 2.23. The summed E-state index contributed by atoms with van der Waals surface area (Å²) in [5.74, 6) is 1.16. The first-order valence-corrected chi connectivity index (χ1v) is 10.3. The van der Waals surface area contributed by atoms with Gasteiger partial charge >= 0.3 is 0 Å². The molecule has 0 saturated heterocycles. The third kappa shape index (κ3) is 22.7. The van der Waals surface area contributed by atoms with E-state index in [-0.39, 0.29) is 23.8 Å². The van der Waals surface area contributed by atoms with Gasteiger partial charge in [0.05, 0.1) is 26.4 Å². The average Bonchev–Trinajstić information content (AvgIpc) is 2.60. The zero-order valence-electron chi connectivity index (χ0n) is 18.7. The summed E-state index contributed by atoms with van der Waals surface area (Å²) in [6, 6.07) is 0.174. The van der Waals surface area contributed by atoms with Gasteiger partial charge in [-0.05, 0) is 25.8 Å². The lowest BCUT2D eigenvalue weighted by Crippen LogP contribution is -2.44. The summed E-state index contributed by atoms with van der Waals surface area (Å²) < 4.78 is 10.6. The van der Waals surface area contributed by atoms with E-state index in [1.165, 1.54) is 0 Å². The van der Waals surface area contributed by atoms with Gasteiger partial charge in [-0.25, -0.2) is 0 Å². The molecule has 0 atom stereocenters. The summed E-state index contributed by atoms with van der Waals surface area (Å²) in [6.45, 7) is 13.2. The molecule has 0 bridgehead atoms. The molecule has 7 heteroatoms. The maximum atomic E-state index is 11.5. The zero-order chi connectivity index (χ0) is 21.8. The van der Waals surface area contributed by atoms with E-state index in [1.54, 1.807) is 0 Å². The maximum absolute atomic E-state index is 11.5. The zero-order valence-corrected chi connectivity index (χ0v) is 18.7. The second kappa shape index (κ2) is 20.4. The summed E-state index contributed by atoms with van der Waals surface area (Å²) >= 11 is 0. The van der Waals surface area contributed by atoms with Crippen LogP contribution in [0.2, 0.25) is 0 Å². The van der Waals surface area contributed by atoms with Crippen molar-refractivity contribution >= 4 is 18.5 Å². The Kier molecular flexibility index (Phi) is 21.1. The molecule has 1 rings (SSSR count). The minimum Gasteiger partial charge on any atom is -0.379 e. The van der Waals surface area contributed by atoms with Gasteiger partial charge in [0.15, 0.2) is 0 Å². The number of ether oxygens (including phenoxy) is 2. The Hall–Kier alpha value is -1.31. The van der Waals surface area contributed by atoms with Crippen LogP contribution in [-0.4, -0.2) is 64.5 Å². The third-order valence-electron chi connectivity index (χ3n) is 3.35. The van der Waals surface area contributed by atoms with Crippen LogP contribution in [0.5, 0.6) is 0 Å². The molecule has 7 nitrogen and oxygen atoms in total. The van der Waals surface area contributed by atoms with Crippen LogP contribution in [0, 0.1) is 17.8 Å². The Morgan fingerprint density at radius 3 is 1.93 bits per heavy atom. The van der Waals surface area contributed by atoms with Crippen LogP contribution < -0.4 is 10.6 Å². The SMILES string of the molecule is CC(C)C.CC(C)C=O.CNCCOCCOCCC(=O)NC1CC(C=O)C1. The van der Waals surface area contributed by atoms with Crippen molar-refractivity contribution in [3.63, 3.8) is 0 Å². The minimum atomic E-state index is -0.00884. The molecule has 0 radical (unpaired) electrons. The van der Waals surface area contributed by atoms with Crippen molar-refractivity contribution in [3.05, 3.63) is 0 Å². The molecule has 0 aromatic rings. The highest BCUT2D eigenvalue weighted by Crippen LogP contribution is 2.24. The Bertz CT molecular complexity index is 380. The predicted molar refractivity (Wildman–Crippen MR) is 112 cm³/mol. The minimum absolute atomic E-state index is 0.00884. The molecule has 1 fully saturated rings. The highest BCUT2D eigenvalue weighted by Gasteiger charge is 2.29. The number of nitrogens with one attached hydrogen (secondary N) is 2. The highest BCUT2D eigenvalue weighted by atomic mass is 16.5. The Labute approximate surface area is 171 Å². The second-order valence-electron chi connectivity index (χ2n) is 7.82. The fraction of sp³-hybridized carbons (Fsp3) is 0.857. The van der Waals surface area contributed by atoms with Crippen molar-refractivity contribution in [1.29, 1.82) is 0 Å². The Morgan fingerprint density at radius 1 is 1.00 bits per heavy atom. The molecule has 166 valence electrons. The molecule has 1 aliphatic carbocycles. The van der Waals surface area contributed by atoms with Crippen molar-refractivity contribution in [3.8, 4) is 0 Å². The molecule has 0 heterocycles. The van der Waals surface area contributed by atoms with Crippen molar-refractivity contribution in [2.75, 3.05) is 40.0 Å². The molecule has 0 aliphatic heterocycles. The first-order chi connectivity index (χ1) is 13.3. The van der Waals surface area contributed by atoms with Gasteiger partial charge in [0.2, 0.25) is 5.91 Å². The number of aldehydes is 2. The fourth-order valence-electron chi connectivity index (χ4n) is 1.85. The number of carbonyl (C=O) groups excluding carboxylic acids is 3. The summed E-state index contributed by atoms with van der Waals surface area (Å²) in [7, 11) is 1.87. The normalized spacial score (nSPS) is 17.6. The smallest absolute Gasteiger partial charge is 0.222 e. The highest BCUT2D eigenvalue weighted by molar-refractivity contribution is 5.76. The van der Waals surface area contributed by atoms with Gasteiger partial charge < -0.3 is 29.7 Å². The van der Waals surface area contributed by atoms with E-state index in [0.29, 0.717) is 32.8 Å². The van der Waals surface area contributed by atoms with Crippen molar-refractivity contribution in [1.82, 2.24) is 10.6 Å². The topological polar surface area (TPSA) is 93.7 Å². The Balaban J connectivity index is 0. The van der Waals surface area contributed by atoms with Crippen LogP contribution >= 0.6 is 0 Å². The van der Waals surface area contributed by atoms with Gasteiger partial charge in [0.1, 0.15) is 12.6 Å².